The van der Waals surface area contributed by atoms with Gasteiger partial charge in [-0.15, -0.1) is 0 Å². The molecule has 1 aromatic carbocycles. The molecule has 0 amide bonds. The highest BCUT2D eigenvalue weighted by molar-refractivity contribution is 9.10. The van der Waals surface area contributed by atoms with E-state index in [-0.39, 0.29) is 21.7 Å². The van der Waals surface area contributed by atoms with Crippen molar-refractivity contribution in [2.45, 2.75) is 19.0 Å². The number of carbonyl (C=O) groups excluding carboxylic acids is 1. The minimum absolute atomic E-state index is 0.0734. The monoisotopic (exact) mass is 522 g/mol. The number of hydrogen-bond acceptors (Lipinski definition) is 8. The average molecular weight is 523 g/mol. The summed E-state index contributed by atoms with van der Waals surface area (Å²) in [4.78, 5) is 21.5. The van der Waals surface area contributed by atoms with Crippen molar-refractivity contribution in [1.82, 2.24) is 20.7 Å². The summed E-state index contributed by atoms with van der Waals surface area (Å²) < 4.78 is 55.9. The summed E-state index contributed by atoms with van der Waals surface area (Å²) in [6.45, 7) is 2.40. The third-order valence-corrected chi connectivity index (χ3v) is 5.33. The first kappa shape index (κ1) is 23.9. The third kappa shape index (κ3) is 6.38. The van der Waals surface area contributed by atoms with Gasteiger partial charge in [0.25, 0.3) is 0 Å². The molecule has 1 aliphatic heterocycles. The van der Waals surface area contributed by atoms with Gasteiger partial charge in [-0.05, 0) is 83.3 Å². The minimum atomic E-state index is -5.23. The number of carbonyl (C=O) groups is 1. The number of rotatable bonds is 5. The average Bonchev–Trinajstić information content (AvgIpc) is 3.21. The number of nitrogens with zero attached hydrogens (tertiary/aromatic N) is 4. The van der Waals surface area contributed by atoms with E-state index in [1.807, 2.05) is 12.5 Å². The molecular weight excluding hydrogens is 504 g/mol. The Hall–Kier alpha value is -2.74. The Morgan fingerprint density at radius 3 is 2.72 bits per heavy atom. The van der Waals surface area contributed by atoms with Crippen molar-refractivity contribution in [1.29, 1.82) is 0 Å². The van der Waals surface area contributed by atoms with E-state index in [2.05, 4.69) is 46.3 Å². The van der Waals surface area contributed by atoms with Crippen LogP contribution in [0.1, 0.15) is 18.5 Å². The molecule has 0 spiro atoms. The van der Waals surface area contributed by atoms with Crippen molar-refractivity contribution in [2.24, 2.45) is 10.9 Å². The molecule has 0 unspecified atom stereocenters. The Labute approximate surface area is 188 Å². The number of benzene rings is 1. The van der Waals surface area contributed by atoms with Crippen molar-refractivity contribution in [3.05, 3.63) is 34.2 Å². The van der Waals surface area contributed by atoms with Gasteiger partial charge in [-0.25, -0.2) is 18.8 Å². The molecule has 1 saturated heterocycles. The van der Waals surface area contributed by atoms with E-state index in [9.17, 15) is 22.4 Å². The van der Waals surface area contributed by atoms with E-state index in [0.717, 1.165) is 32.0 Å². The fourth-order valence-electron chi connectivity index (χ4n) is 2.93. The van der Waals surface area contributed by atoms with Gasteiger partial charge in [-0.1, -0.05) is 0 Å². The molecule has 3 rings (SSSR count). The second kappa shape index (κ2) is 10.3. The van der Waals surface area contributed by atoms with E-state index in [1.165, 1.54) is 12.1 Å². The summed E-state index contributed by atoms with van der Waals surface area (Å²) in [6, 6.07) is 3.65. The topological polar surface area (TPSA) is 105 Å². The minimum Gasteiger partial charge on any atom is -0.365 e. The van der Waals surface area contributed by atoms with Gasteiger partial charge in [0.15, 0.2) is 11.5 Å². The first-order chi connectivity index (χ1) is 15.1. The summed E-state index contributed by atoms with van der Waals surface area (Å²) in [5.41, 5.74) is 1.87. The van der Waals surface area contributed by atoms with Crippen molar-refractivity contribution in [2.75, 3.05) is 32.0 Å². The Morgan fingerprint density at radius 1 is 1.34 bits per heavy atom. The van der Waals surface area contributed by atoms with Gasteiger partial charge in [-0.3, -0.25) is 0 Å². The zero-order chi connectivity index (χ0) is 23.3. The molecule has 1 aromatic heterocycles. The van der Waals surface area contributed by atoms with Crippen LogP contribution in [0.2, 0.25) is 0 Å². The van der Waals surface area contributed by atoms with Crippen LogP contribution in [0.3, 0.4) is 0 Å². The Morgan fingerprint density at radius 2 is 2.06 bits per heavy atom. The van der Waals surface area contributed by atoms with Crippen molar-refractivity contribution >= 4 is 39.2 Å². The van der Waals surface area contributed by atoms with Gasteiger partial charge >= 0.3 is 12.1 Å². The van der Waals surface area contributed by atoms with Gasteiger partial charge in [0.2, 0.25) is 5.82 Å². The zero-order valence-corrected chi connectivity index (χ0v) is 18.3. The summed E-state index contributed by atoms with van der Waals surface area (Å²) in [7, 11) is 2.04. The fourth-order valence-corrected chi connectivity index (χ4v) is 3.29. The zero-order valence-electron chi connectivity index (χ0n) is 16.7. The largest absolute Gasteiger partial charge is 0.493 e. The lowest BCUT2D eigenvalue weighted by atomic mass is 9.97. The number of amidine groups is 1. The molecule has 2 heterocycles. The maximum absolute atomic E-state index is 13.5. The Bertz CT molecular complexity index is 976. The van der Waals surface area contributed by atoms with E-state index in [0.29, 0.717) is 12.5 Å². The Balaban J connectivity index is 1.81. The van der Waals surface area contributed by atoms with Crippen LogP contribution in [0.5, 0.6) is 0 Å². The lowest BCUT2D eigenvalue weighted by molar-refractivity contribution is -0.203. The van der Waals surface area contributed by atoms with Crippen LogP contribution in [0, 0.1) is 11.7 Å². The van der Waals surface area contributed by atoms with Crippen molar-refractivity contribution in [3.63, 3.8) is 0 Å². The van der Waals surface area contributed by atoms with Crippen LogP contribution in [0.25, 0.3) is 0 Å². The van der Waals surface area contributed by atoms with Crippen molar-refractivity contribution < 1.29 is 31.8 Å². The SMILES string of the molecule is CN1CCC(CNc2nonc2C(=Nc2ccc(F)c(Br)c2)NOC(=O)C(F)(F)F)CC1. The molecule has 14 heteroatoms. The number of aromatic nitrogens is 2. The molecule has 0 saturated carbocycles. The third-order valence-electron chi connectivity index (χ3n) is 4.73. The van der Waals surface area contributed by atoms with E-state index < -0.39 is 23.8 Å². The van der Waals surface area contributed by atoms with Gasteiger partial charge in [0.1, 0.15) is 5.82 Å². The lowest BCUT2D eigenvalue weighted by Crippen LogP contribution is -2.35. The number of likely N-dealkylation sites (tertiary alicyclic amines) is 1. The molecule has 2 aromatic rings. The number of alkyl halides is 3. The standard InChI is InChI=1S/C18H19BrF4N6O3/c1-29-6-4-10(5-7-29)9-24-15-14(26-32-28-15)16(27-31-17(30)18(21,22)23)25-11-2-3-13(20)12(19)8-11/h2-3,8,10H,4-7,9H2,1H3,(H,24,28)(H,25,27). The van der Waals surface area contributed by atoms with Crippen molar-refractivity contribution in [3.8, 4) is 0 Å². The van der Waals surface area contributed by atoms with Crippen LogP contribution >= 0.6 is 15.9 Å². The smallest absolute Gasteiger partial charge is 0.365 e. The number of piperidine rings is 1. The first-order valence-corrected chi connectivity index (χ1v) is 10.3. The molecular formula is C18H19BrF4N6O3. The molecule has 0 aliphatic carbocycles. The molecule has 9 nitrogen and oxygen atoms in total. The number of hydrogen-bond donors (Lipinski definition) is 2. The number of hydroxylamine groups is 1. The van der Waals surface area contributed by atoms with Crippen LogP contribution < -0.4 is 10.8 Å². The predicted octanol–water partition coefficient (Wildman–Crippen LogP) is 3.41. The number of aliphatic imine (C=N–C) groups is 1. The van der Waals surface area contributed by atoms with Gasteiger partial charge < -0.3 is 15.1 Å². The molecule has 0 bridgehead atoms. The molecule has 32 heavy (non-hydrogen) atoms. The molecule has 0 radical (unpaired) electrons. The number of nitrogens with one attached hydrogen (secondary N) is 2. The van der Waals surface area contributed by atoms with E-state index in [4.69, 9.17) is 4.63 Å². The van der Waals surface area contributed by atoms with Gasteiger partial charge in [0, 0.05) is 6.54 Å². The van der Waals surface area contributed by atoms with Crippen LogP contribution in [0.15, 0.2) is 32.3 Å². The normalized spacial score (nSPS) is 16.1. The van der Waals surface area contributed by atoms with E-state index >= 15 is 0 Å². The second-order valence-electron chi connectivity index (χ2n) is 7.14. The molecule has 1 aliphatic rings. The van der Waals surface area contributed by atoms with Crippen LogP contribution in [0.4, 0.5) is 29.1 Å². The number of halogens is 5. The fraction of sp³-hybridized carbons (Fsp3) is 0.444. The second-order valence-corrected chi connectivity index (χ2v) is 7.99. The summed E-state index contributed by atoms with van der Waals surface area (Å²) >= 11 is 3.00. The Kier molecular flexibility index (Phi) is 7.66. The highest BCUT2D eigenvalue weighted by Crippen LogP contribution is 2.24. The van der Waals surface area contributed by atoms with Gasteiger partial charge in [-0.2, -0.15) is 18.7 Å². The maximum atomic E-state index is 13.5. The molecule has 1 fully saturated rings. The number of anilines is 1. The molecule has 2 N–H and O–H groups in total. The quantitative estimate of drug-likeness (QED) is 0.266. The highest BCUT2D eigenvalue weighted by Gasteiger charge is 2.42. The maximum Gasteiger partial charge on any atom is 0.493 e. The van der Waals surface area contributed by atoms with Gasteiger partial charge in [0.05, 0.1) is 10.2 Å². The first-order valence-electron chi connectivity index (χ1n) is 9.46. The predicted molar refractivity (Wildman–Crippen MR) is 109 cm³/mol. The summed E-state index contributed by atoms with van der Waals surface area (Å²) in [5, 5.41) is 10.4. The van der Waals surface area contributed by atoms with Crippen LogP contribution in [-0.4, -0.2) is 59.9 Å². The summed E-state index contributed by atoms with van der Waals surface area (Å²) in [6.07, 6.45) is -3.32. The molecule has 0 atom stereocenters. The summed E-state index contributed by atoms with van der Waals surface area (Å²) in [5.74, 6) is -3.00. The lowest BCUT2D eigenvalue weighted by Gasteiger charge is -2.28. The van der Waals surface area contributed by atoms with E-state index in [1.54, 1.807) is 0 Å². The van der Waals surface area contributed by atoms with Crippen LogP contribution in [-0.2, 0) is 9.63 Å². The molecule has 174 valence electrons. The highest BCUT2D eigenvalue weighted by atomic mass is 79.9.